The van der Waals surface area contributed by atoms with E-state index >= 15 is 0 Å². The highest BCUT2D eigenvalue weighted by Crippen LogP contribution is 2.23. The molecule has 0 bridgehead atoms. The molecule has 0 N–H and O–H groups in total. The molecular formula is C15H22ClN5OS2. The highest BCUT2D eigenvalue weighted by Gasteiger charge is 2.18. The molecule has 3 rings (SSSR count). The average molecular weight is 388 g/mol. The van der Waals surface area contributed by atoms with Gasteiger partial charge in [0.05, 0.1) is 17.6 Å². The van der Waals surface area contributed by atoms with Crippen molar-refractivity contribution < 1.29 is 4.74 Å². The predicted molar refractivity (Wildman–Crippen MR) is 99.1 cm³/mol. The molecule has 0 saturated carbocycles. The number of hydrogen-bond acceptors (Lipinski definition) is 6. The monoisotopic (exact) mass is 387 g/mol. The highest BCUT2D eigenvalue weighted by molar-refractivity contribution is 7.71. The lowest BCUT2D eigenvalue weighted by Gasteiger charge is -2.34. The average Bonchev–Trinajstić information content (AvgIpc) is 3.14. The molecule has 132 valence electrons. The van der Waals surface area contributed by atoms with Crippen molar-refractivity contribution in [3.05, 3.63) is 32.4 Å². The van der Waals surface area contributed by atoms with Crippen LogP contribution in [0.2, 0.25) is 4.34 Å². The van der Waals surface area contributed by atoms with Gasteiger partial charge in [-0.15, -0.1) is 11.3 Å². The fourth-order valence-corrected chi connectivity index (χ4v) is 4.12. The summed E-state index contributed by atoms with van der Waals surface area (Å²) in [6, 6.07) is 4.09. The fourth-order valence-electron chi connectivity index (χ4n) is 2.75. The molecule has 1 saturated heterocycles. The van der Waals surface area contributed by atoms with Crippen molar-refractivity contribution in [2.45, 2.75) is 19.8 Å². The Morgan fingerprint density at radius 1 is 1.25 bits per heavy atom. The van der Waals surface area contributed by atoms with E-state index in [-0.39, 0.29) is 0 Å². The van der Waals surface area contributed by atoms with Crippen LogP contribution in [-0.4, -0.2) is 64.0 Å². The summed E-state index contributed by atoms with van der Waals surface area (Å²) in [5, 5.41) is 4.40. The molecule has 3 heterocycles. The number of piperazine rings is 1. The van der Waals surface area contributed by atoms with Crippen LogP contribution in [0.5, 0.6) is 0 Å². The van der Waals surface area contributed by atoms with Gasteiger partial charge in [0, 0.05) is 51.3 Å². The molecule has 9 heteroatoms. The number of aromatic nitrogens is 3. The van der Waals surface area contributed by atoms with E-state index in [0.717, 1.165) is 55.0 Å². The third-order valence-electron chi connectivity index (χ3n) is 4.14. The van der Waals surface area contributed by atoms with E-state index in [1.807, 2.05) is 15.3 Å². The van der Waals surface area contributed by atoms with Crippen LogP contribution in [0.1, 0.15) is 4.88 Å². The second-order valence-electron chi connectivity index (χ2n) is 5.84. The Morgan fingerprint density at radius 3 is 2.67 bits per heavy atom. The lowest BCUT2D eigenvalue weighted by Crippen LogP contribution is -2.46. The van der Waals surface area contributed by atoms with Crippen molar-refractivity contribution in [1.29, 1.82) is 0 Å². The Hall–Kier alpha value is -0.770. The molecule has 0 radical (unpaired) electrons. The lowest BCUT2D eigenvalue weighted by molar-refractivity contribution is 0.0985. The van der Waals surface area contributed by atoms with Crippen LogP contribution in [0, 0.1) is 4.77 Å². The SMILES string of the molecule is COCCn1cnn(CN2CCN(Cc3ccc(Cl)s3)CC2)c1=S. The third kappa shape index (κ3) is 4.65. The lowest BCUT2D eigenvalue weighted by atomic mass is 10.3. The van der Waals surface area contributed by atoms with E-state index in [9.17, 15) is 0 Å². The molecule has 6 nitrogen and oxygen atoms in total. The number of nitrogens with zero attached hydrogens (tertiary/aromatic N) is 5. The van der Waals surface area contributed by atoms with Gasteiger partial charge in [-0.2, -0.15) is 5.10 Å². The summed E-state index contributed by atoms with van der Waals surface area (Å²) >= 11 is 13.1. The normalized spacial score (nSPS) is 16.8. The van der Waals surface area contributed by atoms with Gasteiger partial charge in [0.25, 0.3) is 0 Å². The summed E-state index contributed by atoms with van der Waals surface area (Å²) in [6.45, 7) is 7.25. The summed E-state index contributed by atoms with van der Waals surface area (Å²) < 4.78 is 10.6. The van der Waals surface area contributed by atoms with Gasteiger partial charge in [-0.05, 0) is 24.4 Å². The maximum atomic E-state index is 6.00. The first-order valence-corrected chi connectivity index (χ1v) is 9.56. The molecule has 0 atom stereocenters. The quantitative estimate of drug-likeness (QED) is 0.682. The van der Waals surface area contributed by atoms with Crippen LogP contribution in [0.3, 0.4) is 0 Å². The van der Waals surface area contributed by atoms with Crippen LogP contribution in [0.4, 0.5) is 0 Å². The second-order valence-corrected chi connectivity index (χ2v) is 8.01. The van der Waals surface area contributed by atoms with Gasteiger partial charge in [0.15, 0.2) is 4.77 Å². The van der Waals surface area contributed by atoms with Gasteiger partial charge in [0.2, 0.25) is 0 Å². The van der Waals surface area contributed by atoms with E-state index in [2.05, 4.69) is 21.0 Å². The zero-order valence-corrected chi connectivity index (χ0v) is 16.1. The van der Waals surface area contributed by atoms with Crippen molar-refractivity contribution >= 4 is 35.2 Å². The third-order valence-corrected chi connectivity index (χ3v) is 5.80. The van der Waals surface area contributed by atoms with E-state index in [1.54, 1.807) is 24.8 Å². The highest BCUT2D eigenvalue weighted by atomic mass is 35.5. The summed E-state index contributed by atoms with van der Waals surface area (Å²) in [5.74, 6) is 0. The Balaban J connectivity index is 1.48. The predicted octanol–water partition coefficient (Wildman–Crippen LogP) is 2.55. The van der Waals surface area contributed by atoms with E-state index in [4.69, 9.17) is 28.6 Å². The Morgan fingerprint density at radius 2 is 2.00 bits per heavy atom. The topological polar surface area (TPSA) is 38.5 Å². The van der Waals surface area contributed by atoms with Crippen LogP contribution >= 0.6 is 35.2 Å². The van der Waals surface area contributed by atoms with Crippen LogP contribution in [-0.2, 0) is 24.5 Å². The van der Waals surface area contributed by atoms with Crippen molar-refractivity contribution in [2.24, 2.45) is 0 Å². The largest absolute Gasteiger partial charge is 0.383 e. The number of ether oxygens (including phenoxy) is 1. The number of thiophene rings is 1. The van der Waals surface area contributed by atoms with E-state index < -0.39 is 0 Å². The molecule has 0 spiro atoms. The molecule has 0 aliphatic carbocycles. The Kier molecular flexibility index (Phi) is 6.43. The standard InChI is InChI=1S/C15H22ClN5OS2/c1-22-9-8-20-11-17-21(15(20)23)12-19-6-4-18(5-7-19)10-13-2-3-14(16)24-13/h2-3,11H,4-10,12H2,1H3. The van der Waals surface area contributed by atoms with Crippen molar-refractivity contribution in [3.63, 3.8) is 0 Å². The maximum Gasteiger partial charge on any atom is 0.198 e. The molecule has 0 amide bonds. The molecule has 1 aliphatic rings. The van der Waals surface area contributed by atoms with Crippen molar-refractivity contribution in [3.8, 4) is 0 Å². The van der Waals surface area contributed by atoms with Gasteiger partial charge in [-0.3, -0.25) is 9.80 Å². The van der Waals surface area contributed by atoms with E-state index in [0.29, 0.717) is 6.61 Å². The zero-order valence-electron chi connectivity index (χ0n) is 13.7. The van der Waals surface area contributed by atoms with Gasteiger partial charge in [0.1, 0.15) is 6.33 Å². The molecule has 0 aromatic carbocycles. The molecule has 2 aromatic heterocycles. The minimum absolute atomic E-state index is 0.644. The molecule has 0 unspecified atom stereocenters. The minimum Gasteiger partial charge on any atom is -0.383 e. The van der Waals surface area contributed by atoms with Gasteiger partial charge < -0.3 is 9.30 Å². The van der Waals surface area contributed by atoms with Gasteiger partial charge in [-0.25, -0.2) is 4.68 Å². The number of methoxy groups -OCH3 is 1. The van der Waals surface area contributed by atoms with Crippen molar-refractivity contribution in [1.82, 2.24) is 24.1 Å². The molecule has 1 fully saturated rings. The van der Waals surface area contributed by atoms with Crippen LogP contribution < -0.4 is 0 Å². The van der Waals surface area contributed by atoms with E-state index in [1.165, 1.54) is 4.88 Å². The first-order valence-electron chi connectivity index (χ1n) is 7.96. The first-order chi connectivity index (χ1) is 11.7. The maximum absolute atomic E-state index is 6.00. The second kappa shape index (κ2) is 8.55. The zero-order chi connectivity index (χ0) is 16.9. The summed E-state index contributed by atoms with van der Waals surface area (Å²) in [5.41, 5.74) is 0. The summed E-state index contributed by atoms with van der Waals surface area (Å²) in [6.07, 6.45) is 1.79. The number of hydrogen-bond donors (Lipinski definition) is 0. The van der Waals surface area contributed by atoms with Gasteiger partial charge in [-0.1, -0.05) is 11.6 Å². The van der Waals surface area contributed by atoms with Crippen LogP contribution in [0.25, 0.3) is 0 Å². The smallest absolute Gasteiger partial charge is 0.198 e. The van der Waals surface area contributed by atoms with Gasteiger partial charge >= 0.3 is 0 Å². The number of halogens is 1. The van der Waals surface area contributed by atoms with Crippen LogP contribution in [0.15, 0.2) is 18.5 Å². The Bertz CT molecular complexity index is 705. The Labute approximate surface area is 156 Å². The number of rotatable bonds is 7. The molecule has 24 heavy (non-hydrogen) atoms. The minimum atomic E-state index is 0.644. The molecule has 1 aliphatic heterocycles. The summed E-state index contributed by atoms with van der Waals surface area (Å²) in [7, 11) is 1.69. The molecule has 2 aromatic rings. The fraction of sp³-hybridized carbons (Fsp3) is 0.600. The molecular weight excluding hydrogens is 366 g/mol. The first kappa shape index (κ1) is 18.0. The van der Waals surface area contributed by atoms with Crippen molar-refractivity contribution in [2.75, 3.05) is 39.9 Å². The summed E-state index contributed by atoms with van der Waals surface area (Å²) in [4.78, 5) is 6.18.